The van der Waals surface area contributed by atoms with Gasteiger partial charge in [-0.15, -0.1) is 10.2 Å². The van der Waals surface area contributed by atoms with Crippen molar-refractivity contribution in [1.29, 1.82) is 0 Å². The maximum absolute atomic E-state index is 4.13. The monoisotopic (exact) mass is 282 g/mol. The second kappa shape index (κ2) is 4.56. The first-order valence-corrected chi connectivity index (χ1v) is 5.54. The lowest BCUT2D eigenvalue weighted by molar-refractivity contribution is 0.712. The molecule has 6 nitrogen and oxygen atoms in total. The number of hydrogen-bond acceptors (Lipinski definition) is 5. The van der Waals surface area contributed by atoms with Crippen molar-refractivity contribution in [2.24, 2.45) is 7.05 Å². The van der Waals surface area contributed by atoms with E-state index in [0.29, 0.717) is 5.95 Å². The summed E-state index contributed by atoms with van der Waals surface area (Å²) >= 11 is 3.28. The van der Waals surface area contributed by atoms with Gasteiger partial charge in [0.15, 0.2) is 5.82 Å². The molecule has 1 atom stereocenters. The van der Waals surface area contributed by atoms with Crippen LogP contribution in [0.25, 0.3) is 0 Å². The molecule has 0 bridgehead atoms. The Labute approximate surface area is 101 Å². The SMILES string of the molecule is CC(Nc1ncc(Br)cn1)c1nncn1C. The Morgan fingerprint density at radius 3 is 2.62 bits per heavy atom. The van der Waals surface area contributed by atoms with Gasteiger partial charge in [-0.05, 0) is 22.9 Å². The molecule has 0 spiro atoms. The Kier molecular flexibility index (Phi) is 3.14. The summed E-state index contributed by atoms with van der Waals surface area (Å²) in [6, 6.07) is 0.00803. The standard InChI is InChI=1S/C9H11BrN6/c1-6(8-15-13-5-16(8)2)14-9-11-3-7(10)4-12-9/h3-6H,1-2H3,(H,11,12,14). The lowest BCUT2D eigenvalue weighted by Gasteiger charge is -2.12. The van der Waals surface area contributed by atoms with Crippen molar-refractivity contribution in [2.75, 3.05) is 5.32 Å². The summed E-state index contributed by atoms with van der Waals surface area (Å²) in [5.41, 5.74) is 0. The number of halogens is 1. The number of rotatable bonds is 3. The van der Waals surface area contributed by atoms with E-state index >= 15 is 0 Å². The van der Waals surface area contributed by atoms with Crippen LogP contribution in [0.3, 0.4) is 0 Å². The summed E-state index contributed by atoms with van der Waals surface area (Å²) in [5, 5.41) is 11.0. The van der Waals surface area contributed by atoms with E-state index in [-0.39, 0.29) is 6.04 Å². The minimum absolute atomic E-state index is 0.00803. The molecule has 2 aromatic rings. The number of nitrogens with one attached hydrogen (secondary N) is 1. The third-order valence-electron chi connectivity index (χ3n) is 2.10. The molecule has 0 saturated heterocycles. The minimum Gasteiger partial charge on any atom is -0.344 e. The second-order valence-corrected chi connectivity index (χ2v) is 4.31. The van der Waals surface area contributed by atoms with Gasteiger partial charge in [0.1, 0.15) is 6.33 Å². The minimum atomic E-state index is 0.00803. The van der Waals surface area contributed by atoms with Gasteiger partial charge in [0.05, 0.1) is 10.5 Å². The van der Waals surface area contributed by atoms with Crippen molar-refractivity contribution in [1.82, 2.24) is 24.7 Å². The van der Waals surface area contributed by atoms with E-state index in [0.717, 1.165) is 10.3 Å². The number of aryl methyl sites for hydroxylation is 1. The average Bonchev–Trinajstić information content (AvgIpc) is 2.68. The van der Waals surface area contributed by atoms with E-state index in [2.05, 4.69) is 41.4 Å². The zero-order chi connectivity index (χ0) is 11.5. The molecular weight excluding hydrogens is 272 g/mol. The summed E-state index contributed by atoms with van der Waals surface area (Å²) < 4.78 is 2.71. The third-order valence-corrected chi connectivity index (χ3v) is 2.51. The van der Waals surface area contributed by atoms with E-state index in [4.69, 9.17) is 0 Å². The zero-order valence-electron chi connectivity index (χ0n) is 8.92. The summed E-state index contributed by atoms with van der Waals surface area (Å²) in [5.74, 6) is 1.41. The van der Waals surface area contributed by atoms with Gasteiger partial charge in [0.2, 0.25) is 5.95 Å². The summed E-state index contributed by atoms with van der Waals surface area (Å²) in [4.78, 5) is 8.26. The van der Waals surface area contributed by atoms with Gasteiger partial charge in [0, 0.05) is 19.4 Å². The van der Waals surface area contributed by atoms with Crippen molar-refractivity contribution in [3.63, 3.8) is 0 Å². The van der Waals surface area contributed by atoms with Crippen LogP contribution in [0.5, 0.6) is 0 Å². The maximum atomic E-state index is 4.13. The highest BCUT2D eigenvalue weighted by atomic mass is 79.9. The number of nitrogens with zero attached hydrogens (tertiary/aromatic N) is 5. The molecule has 7 heteroatoms. The molecule has 2 aromatic heterocycles. The largest absolute Gasteiger partial charge is 0.344 e. The molecule has 0 saturated carbocycles. The molecule has 0 aliphatic carbocycles. The molecule has 0 radical (unpaired) electrons. The number of anilines is 1. The molecular formula is C9H11BrN6. The maximum Gasteiger partial charge on any atom is 0.223 e. The quantitative estimate of drug-likeness (QED) is 0.925. The lowest BCUT2D eigenvalue weighted by Crippen LogP contribution is -2.13. The highest BCUT2D eigenvalue weighted by molar-refractivity contribution is 9.10. The highest BCUT2D eigenvalue weighted by Crippen LogP contribution is 2.14. The second-order valence-electron chi connectivity index (χ2n) is 3.39. The van der Waals surface area contributed by atoms with E-state index in [1.165, 1.54) is 0 Å². The Bertz CT molecular complexity index is 465. The molecule has 2 rings (SSSR count). The molecule has 0 aliphatic heterocycles. The fourth-order valence-corrected chi connectivity index (χ4v) is 1.53. The van der Waals surface area contributed by atoms with Crippen molar-refractivity contribution < 1.29 is 0 Å². The normalized spacial score (nSPS) is 12.4. The molecule has 84 valence electrons. The van der Waals surface area contributed by atoms with Crippen LogP contribution in [0.1, 0.15) is 18.8 Å². The van der Waals surface area contributed by atoms with Gasteiger partial charge >= 0.3 is 0 Å². The van der Waals surface area contributed by atoms with Crippen LogP contribution < -0.4 is 5.32 Å². The number of aromatic nitrogens is 5. The van der Waals surface area contributed by atoms with Gasteiger partial charge in [0.25, 0.3) is 0 Å². The van der Waals surface area contributed by atoms with Crippen molar-refractivity contribution in [3.8, 4) is 0 Å². The van der Waals surface area contributed by atoms with Crippen LogP contribution in [0.15, 0.2) is 23.2 Å². The van der Waals surface area contributed by atoms with Crippen LogP contribution in [0, 0.1) is 0 Å². The zero-order valence-corrected chi connectivity index (χ0v) is 10.5. The predicted octanol–water partition coefficient (Wildman–Crippen LogP) is 1.54. The Hall–Kier alpha value is -1.50. The molecule has 0 fully saturated rings. The van der Waals surface area contributed by atoms with Gasteiger partial charge in [-0.3, -0.25) is 0 Å². The van der Waals surface area contributed by atoms with Crippen LogP contribution >= 0.6 is 15.9 Å². The van der Waals surface area contributed by atoms with E-state index in [9.17, 15) is 0 Å². The summed E-state index contributed by atoms with van der Waals surface area (Å²) in [6.07, 6.45) is 5.05. The Balaban J connectivity index is 2.10. The van der Waals surface area contributed by atoms with Crippen LogP contribution in [0.4, 0.5) is 5.95 Å². The third kappa shape index (κ3) is 2.35. The molecule has 1 unspecified atom stereocenters. The van der Waals surface area contributed by atoms with E-state index < -0.39 is 0 Å². The molecule has 0 amide bonds. The topological polar surface area (TPSA) is 68.5 Å². The van der Waals surface area contributed by atoms with E-state index in [1.54, 1.807) is 18.7 Å². The molecule has 2 heterocycles. The van der Waals surface area contributed by atoms with Crippen molar-refractivity contribution >= 4 is 21.9 Å². The fraction of sp³-hybridized carbons (Fsp3) is 0.333. The van der Waals surface area contributed by atoms with Gasteiger partial charge in [-0.2, -0.15) is 0 Å². The summed E-state index contributed by atoms with van der Waals surface area (Å²) in [6.45, 7) is 1.98. The first-order chi connectivity index (χ1) is 7.66. The van der Waals surface area contributed by atoms with Crippen molar-refractivity contribution in [3.05, 3.63) is 29.0 Å². The van der Waals surface area contributed by atoms with Crippen molar-refractivity contribution in [2.45, 2.75) is 13.0 Å². The molecule has 0 aliphatic rings. The highest BCUT2D eigenvalue weighted by Gasteiger charge is 2.11. The first kappa shape index (κ1) is 11.0. The van der Waals surface area contributed by atoms with Crippen LogP contribution in [-0.2, 0) is 7.05 Å². The van der Waals surface area contributed by atoms with Gasteiger partial charge in [-0.25, -0.2) is 9.97 Å². The Morgan fingerprint density at radius 1 is 1.38 bits per heavy atom. The average molecular weight is 283 g/mol. The predicted molar refractivity (Wildman–Crippen MR) is 62.8 cm³/mol. The van der Waals surface area contributed by atoms with E-state index in [1.807, 2.05) is 18.5 Å². The van der Waals surface area contributed by atoms with Gasteiger partial charge < -0.3 is 9.88 Å². The molecule has 0 aromatic carbocycles. The lowest BCUT2D eigenvalue weighted by atomic mass is 10.3. The smallest absolute Gasteiger partial charge is 0.223 e. The van der Waals surface area contributed by atoms with Crippen LogP contribution in [0.2, 0.25) is 0 Å². The fourth-order valence-electron chi connectivity index (χ4n) is 1.33. The summed E-state index contributed by atoms with van der Waals surface area (Å²) in [7, 11) is 1.90. The molecule has 16 heavy (non-hydrogen) atoms. The first-order valence-electron chi connectivity index (χ1n) is 4.75. The van der Waals surface area contributed by atoms with Gasteiger partial charge in [-0.1, -0.05) is 0 Å². The number of hydrogen-bond donors (Lipinski definition) is 1. The Morgan fingerprint density at radius 2 is 2.06 bits per heavy atom. The molecule has 1 N–H and O–H groups in total. The van der Waals surface area contributed by atoms with Crippen LogP contribution in [-0.4, -0.2) is 24.7 Å².